The van der Waals surface area contributed by atoms with Gasteiger partial charge in [0.15, 0.2) is 4.84 Å². The maximum absolute atomic E-state index is 10.9. The van der Waals surface area contributed by atoms with Crippen LogP contribution in [0, 0.1) is 0 Å². The summed E-state index contributed by atoms with van der Waals surface area (Å²) in [6, 6.07) is 16.9. The number of carbonyl (C=O) groups is 1. The van der Waals surface area contributed by atoms with Crippen molar-refractivity contribution >= 4 is 29.0 Å². The van der Waals surface area contributed by atoms with E-state index in [4.69, 9.17) is 23.2 Å². The first kappa shape index (κ1) is 15.5. The normalized spacial score (nSPS) is 8.94. The molecule has 0 fully saturated rings. The van der Waals surface area contributed by atoms with Crippen molar-refractivity contribution < 1.29 is 21.9 Å². The average Bonchev–Trinajstić information content (AvgIpc) is 2.92. The van der Waals surface area contributed by atoms with E-state index in [2.05, 4.69) is 0 Å². The van der Waals surface area contributed by atoms with Gasteiger partial charge in [0.05, 0.1) is 0 Å². The maximum Gasteiger partial charge on any atom is 0.158 e. The summed E-state index contributed by atoms with van der Waals surface area (Å²) in [6.45, 7) is 0. The Balaban J connectivity index is 0.000000318. The Morgan fingerprint density at radius 2 is 1.38 bits per heavy atom. The predicted molar refractivity (Wildman–Crippen MR) is 63.9 cm³/mol. The molecule has 2 aromatic rings. The third-order valence-corrected chi connectivity index (χ3v) is 2.10. The van der Waals surface area contributed by atoms with E-state index >= 15 is 0 Å². The van der Waals surface area contributed by atoms with Crippen molar-refractivity contribution in [3.05, 3.63) is 60.2 Å². The Bertz CT molecular complexity index is 348. The minimum Gasteiger partial charge on any atom is -0.748 e. The number of hydrogen-bond donors (Lipinski definition) is 0. The van der Waals surface area contributed by atoms with E-state index in [0.717, 1.165) is 0 Å². The van der Waals surface area contributed by atoms with Gasteiger partial charge in [-0.05, 0) is 0 Å². The minimum atomic E-state index is -0.942. The van der Waals surface area contributed by atoms with Gasteiger partial charge in [-0.25, -0.2) is 12.1 Å². The molecule has 0 saturated carbocycles. The van der Waals surface area contributed by atoms with Gasteiger partial charge in [0, 0.05) is 17.1 Å². The first-order valence-electron chi connectivity index (χ1n) is 4.42. The molecule has 92 valence electrons. The summed E-state index contributed by atoms with van der Waals surface area (Å²) in [7, 11) is 0. The second kappa shape index (κ2) is 8.60. The summed E-state index contributed by atoms with van der Waals surface area (Å²) in [5, 5.41) is 0. The first-order valence-corrected chi connectivity index (χ1v) is 5.30. The van der Waals surface area contributed by atoms with Crippen LogP contribution in [0.15, 0.2) is 54.6 Å². The van der Waals surface area contributed by atoms with E-state index in [0.29, 0.717) is 5.56 Å². The molecule has 0 radical (unpaired) electrons. The molecule has 2 aromatic carbocycles. The number of Topliss-reactive ketones (excluding diaryl/α,β-unsaturated/α-hetero) is 1. The number of carbonyl (C=O) groups excluding carboxylic acids is 1. The zero-order valence-electron chi connectivity index (χ0n) is 8.29. The molecule has 2 rings (SSSR count). The van der Waals surface area contributed by atoms with Crippen LogP contribution in [-0.4, -0.2) is 10.6 Å². The topological polar surface area (TPSA) is 17.1 Å². The van der Waals surface area contributed by atoms with Crippen LogP contribution in [0.3, 0.4) is 0 Å². The van der Waals surface area contributed by atoms with Gasteiger partial charge in [0.1, 0.15) is 5.78 Å². The third kappa shape index (κ3) is 5.53. The van der Waals surface area contributed by atoms with E-state index in [-0.39, 0.29) is 22.9 Å². The molecule has 0 heterocycles. The molecule has 0 aliphatic heterocycles. The molecular weight excluding hydrogens is 287 g/mol. The van der Waals surface area contributed by atoms with Crippen molar-refractivity contribution in [2.75, 3.05) is 0 Å². The Morgan fingerprint density at radius 1 is 1.00 bits per heavy atom. The van der Waals surface area contributed by atoms with E-state index in [1.165, 1.54) is 0 Å². The zero-order chi connectivity index (χ0) is 11.1. The smallest absolute Gasteiger partial charge is 0.158 e. The Morgan fingerprint density at radius 3 is 1.69 bits per heavy atom. The molecule has 1 nitrogen and oxygen atoms in total. The molecule has 0 unspecified atom stereocenters. The third-order valence-electron chi connectivity index (χ3n) is 1.70. The largest absolute Gasteiger partial charge is 0.748 e. The molecule has 0 aliphatic rings. The quantitative estimate of drug-likeness (QED) is 0.357. The summed E-state index contributed by atoms with van der Waals surface area (Å²) in [4.78, 5) is 10.00. The van der Waals surface area contributed by atoms with Crippen molar-refractivity contribution in [3.8, 4) is 0 Å². The van der Waals surface area contributed by atoms with Crippen molar-refractivity contribution in [1.82, 2.24) is 0 Å². The van der Waals surface area contributed by atoms with Crippen LogP contribution in [0.4, 0.5) is 0 Å². The van der Waals surface area contributed by atoms with Gasteiger partial charge < -0.3 is 35.1 Å². The van der Waals surface area contributed by atoms with E-state index in [1.54, 1.807) is 24.3 Å². The van der Waals surface area contributed by atoms with Crippen LogP contribution in [0.25, 0.3) is 0 Å². The van der Waals surface area contributed by atoms with E-state index in [1.807, 2.05) is 30.3 Å². The second-order valence-electron chi connectivity index (χ2n) is 2.80. The van der Waals surface area contributed by atoms with Crippen LogP contribution in [0.1, 0.15) is 10.4 Å². The van der Waals surface area contributed by atoms with Crippen molar-refractivity contribution in [3.63, 3.8) is 0 Å². The number of ketones is 1. The molecule has 16 heavy (non-hydrogen) atoms. The van der Waals surface area contributed by atoms with Crippen LogP contribution >= 0.6 is 23.2 Å². The molecule has 0 bridgehead atoms. The van der Waals surface area contributed by atoms with Crippen LogP contribution in [-0.2, 0) is 17.1 Å². The average molecular weight is 297 g/mol. The summed E-state index contributed by atoms with van der Waals surface area (Å²) in [5.74, 6) is -0.242. The van der Waals surface area contributed by atoms with Crippen LogP contribution in [0.5, 0.6) is 0 Å². The van der Waals surface area contributed by atoms with Gasteiger partial charge in [-0.1, -0.05) is 28.8 Å². The molecular formula is C12H10Cl2FeO-6. The second-order valence-corrected chi connectivity index (χ2v) is 3.90. The Labute approximate surface area is 116 Å². The monoisotopic (exact) mass is 296 g/mol. The minimum absolute atomic E-state index is 0. The molecule has 0 aromatic heterocycles. The Kier molecular flexibility index (Phi) is 8.32. The molecule has 0 atom stereocenters. The maximum atomic E-state index is 10.9. The van der Waals surface area contributed by atoms with Gasteiger partial charge in [0.2, 0.25) is 0 Å². The van der Waals surface area contributed by atoms with Crippen LogP contribution < -0.4 is 0 Å². The SMILES string of the molecule is O=C([c-]1cccc1)C(Cl)Cl.[Fe].[cH-]1[cH-][cH-][cH-][cH-]1. The summed E-state index contributed by atoms with van der Waals surface area (Å²) < 4.78 is 0. The molecule has 0 saturated heterocycles. The van der Waals surface area contributed by atoms with Crippen LogP contribution in [0.2, 0.25) is 0 Å². The number of halogens is 2. The van der Waals surface area contributed by atoms with Crippen molar-refractivity contribution in [1.29, 1.82) is 0 Å². The summed E-state index contributed by atoms with van der Waals surface area (Å²) in [5.41, 5.74) is 0.565. The molecule has 4 heteroatoms. The molecule has 0 aliphatic carbocycles. The first-order chi connectivity index (χ1) is 7.22. The molecule has 0 amide bonds. The van der Waals surface area contributed by atoms with Crippen molar-refractivity contribution in [2.24, 2.45) is 0 Å². The fraction of sp³-hybridized carbons (Fsp3) is 0.0833. The summed E-state index contributed by atoms with van der Waals surface area (Å²) >= 11 is 10.7. The predicted octanol–water partition coefficient (Wildman–Crippen LogP) is 3.79. The van der Waals surface area contributed by atoms with Gasteiger partial charge >= 0.3 is 0 Å². The van der Waals surface area contributed by atoms with Gasteiger partial charge in [-0.2, -0.15) is 12.1 Å². The fourth-order valence-corrected chi connectivity index (χ4v) is 1.24. The summed E-state index contributed by atoms with van der Waals surface area (Å²) in [6.07, 6.45) is 0. The van der Waals surface area contributed by atoms with E-state index < -0.39 is 4.84 Å². The Hall–Kier alpha value is -0.531. The van der Waals surface area contributed by atoms with E-state index in [9.17, 15) is 4.79 Å². The number of hydrogen-bond acceptors (Lipinski definition) is 1. The van der Waals surface area contributed by atoms with Gasteiger partial charge in [0.25, 0.3) is 0 Å². The molecule has 0 N–H and O–H groups in total. The number of alkyl halides is 2. The fourth-order valence-electron chi connectivity index (χ4n) is 0.985. The molecule has 0 spiro atoms. The zero-order valence-corrected chi connectivity index (χ0v) is 10.9. The number of rotatable bonds is 2. The van der Waals surface area contributed by atoms with Crippen molar-refractivity contribution in [2.45, 2.75) is 4.84 Å². The van der Waals surface area contributed by atoms with Gasteiger partial charge in [-0.15, -0.1) is 0 Å². The van der Waals surface area contributed by atoms with Gasteiger partial charge in [-0.3, -0.25) is 0 Å². The standard InChI is InChI=1S/C7H5Cl2O.C5H5.Fe/c8-7(9)6(10)5-3-1-2-4-5;1-2-4-5-3-1;/h1-4,7H;1-5H;/q-1;-5;.